The van der Waals surface area contributed by atoms with Crippen LogP contribution in [0.2, 0.25) is 0 Å². The van der Waals surface area contributed by atoms with Gasteiger partial charge in [0.15, 0.2) is 0 Å². The number of hydrogen-bond donors (Lipinski definition) is 3. The van der Waals surface area contributed by atoms with Crippen molar-refractivity contribution in [1.82, 2.24) is 10.6 Å². The number of carboxylic acids is 1. The Morgan fingerprint density at radius 2 is 2.10 bits per heavy atom. The first kappa shape index (κ1) is 14.5. The fourth-order valence-corrected chi connectivity index (χ4v) is 2.40. The summed E-state index contributed by atoms with van der Waals surface area (Å²) in [6.45, 7) is 2.52. The van der Waals surface area contributed by atoms with Gasteiger partial charge in [-0.05, 0) is 30.9 Å². The van der Waals surface area contributed by atoms with Gasteiger partial charge in [0.25, 0.3) is 0 Å². The van der Waals surface area contributed by atoms with E-state index >= 15 is 0 Å². The third kappa shape index (κ3) is 3.81. The van der Waals surface area contributed by atoms with Gasteiger partial charge in [0.05, 0.1) is 6.04 Å². The maximum absolute atomic E-state index is 12.1. The highest BCUT2D eigenvalue weighted by atomic mass is 16.4. The van der Waals surface area contributed by atoms with Crippen LogP contribution in [0, 0.1) is 0 Å². The van der Waals surface area contributed by atoms with E-state index in [-0.39, 0.29) is 24.4 Å². The van der Waals surface area contributed by atoms with Gasteiger partial charge in [0, 0.05) is 19.0 Å². The molecule has 1 heterocycles. The maximum Gasteiger partial charge on any atom is 0.303 e. The van der Waals surface area contributed by atoms with E-state index in [2.05, 4.69) is 16.7 Å². The number of amides is 1. The topological polar surface area (TPSA) is 78.4 Å². The Morgan fingerprint density at radius 1 is 1.40 bits per heavy atom. The molecule has 3 N–H and O–H groups in total. The zero-order chi connectivity index (χ0) is 14.5. The molecule has 1 amide bonds. The molecule has 0 saturated carbocycles. The number of carbonyl (C=O) groups excluding carboxylic acids is 1. The number of carbonyl (C=O) groups is 2. The minimum absolute atomic E-state index is 0.0580. The van der Waals surface area contributed by atoms with E-state index in [0.29, 0.717) is 19.4 Å². The predicted molar refractivity (Wildman–Crippen MR) is 75.2 cm³/mol. The van der Waals surface area contributed by atoms with Crippen molar-refractivity contribution in [3.05, 3.63) is 35.4 Å². The average molecular weight is 276 g/mol. The molecule has 0 aliphatic carbocycles. The highest BCUT2D eigenvalue weighted by Crippen LogP contribution is 2.16. The van der Waals surface area contributed by atoms with Crippen LogP contribution in [0.15, 0.2) is 24.3 Å². The number of nitrogens with one attached hydrogen (secondary N) is 2. The maximum atomic E-state index is 12.1. The Kier molecular flexibility index (Phi) is 4.74. The summed E-state index contributed by atoms with van der Waals surface area (Å²) in [5.41, 5.74) is 2.43. The standard InChI is InChI=1S/C15H20N2O3/c1-10(6-7-14(18)19)17-15(20)13-8-11-4-2-3-5-12(11)9-16-13/h2-5,10,13,16H,6-9H2,1H3,(H,17,20)(H,18,19). The molecule has 1 aromatic rings. The van der Waals surface area contributed by atoms with Crippen molar-refractivity contribution in [1.29, 1.82) is 0 Å². The molecule has 0 fully saturated rings. The zero-order valence-corrected chi connectivity index (χ0v) is 11.6. The zero-order valence-electron chi connectivity index (χ0n) is 11.6. The van der Waals surface area contributed by atoms with Crippen LogP contribution in [0.3, 0.4) is 0 Å². The highest BCUT2D eigenvalue weighted by Gasteiger charge is 2.24. The molecule has 1 aliphatic rings. The van der Waals surface area contributed by atoms with Crippen molar-refractivity contribution in [2.24, 2.45) is 0 Å². The summed E-state index contributed by atoms with van der Waals surface area (Å²) in [5, 5.41) is 14.7. The molecular weight excluding hydrogens is 256 g/mol. The Balaban J connectivity index is 1.87. The normalized spacial score (nSPS) is 18.9. The van der Waals surface area contributed by atoms with Gasteiger partial charge in [0.1, 0.15) is 0 Å². The Labute approximate surface area is 118 Å². The fraction of sp³-hybridized carbons (Fsp3) is 0.467. The molecule has 0 spiro atoms. The van der Waals surface area contributed by atoms with Crippen LogP contribution in [0.25, 0.3) is 0 Å². The summed E-state index contributed by atoms with van der Waals surface area (Å²) >= 11 is 0. The first-order valence-corrected chi connectivity index (χ1v) is 6.88. The first-order chi connectivity index (χ1) is 9.56. The molecule has 2 atom stereocenters. The SMILES string of the molecule is CC(CCC(=O)O)NC(=O)C1Cc2ccccc2CN1. The number of hydrogen-bond acceptors (Lipinski definition) is 3. The molecule has 5 nitrogen and oxygen atoms in total. The second-order valence-corrected chi connectivity index (χ2v) is 5.25. The van der Waals surface area contributed by atoms with E-state index in [1.54, 1.807) is 0 Å². The molecule has 0 bridgehead atoms. The predicted octanol–water partition coefficient (Wildman–Crippen LogP) is 1.07. The van der Waals surface area contributed by atoms with E-state index in [1.165, 1.54) is 11.1 Å². The molecular formula is C15H20N2O3. The van der Waals surface area contributed by atoms with Crippen molar-refractivity contribution in [2.45, 2.75) is 44.8 Å². The summed E-state index contributed by atoms with van der Waals surface area (Å²) in [5.74, 6) is -0.895. The van der Waals surface area contributed by atoms with Crippen molar-refractivity contribution in [3.8, 4) is 0 Å². The number of aliphatic carboxylic acids is 1. The first-order valence-electron chi connectivity index (χ1n) is 6.88. The van der Waals surface area contributed by atoms with Crippen molar-refractivity contribution < 1.29 is 14.7 Å². The van der Waals surface area contributed by atoms with Gasteiger partial charge in [-0.15, -0.1) is 0 Å². The molecule has 2 unspecified atom stereocenters. The van der Waals surface area contributed by atoms with Gasteiger partial charge in [-0.2, -0.15) is 0 Å². The van der Waals surface area contributed by atoms with E-state index in [9.17, 15) is 9.59 Å². The monoisotopic (exact) mass is 276 g/mol. The molecule has 5 heteroatoms. The lowest BCUT2D eigenvalue weighted by atomic mass is 9.95. The second-order valence-electron chi connectivity index (χ2n) is 5.25. The van der Waals surface area contributed by atoms with Gasteiger partial charge >= 0.3 is 5.97 Å². The van der Waals surface area contributed by atoms with E-state index in [0.717, 1.165) is 0 Å². The second kappa shape index (κ2) is 6.52. The minimum atomic E-state index is -0.837. The van der Waals surface area contributed by atoms with Gasteiger partial charge in [-0.1, -0.05) is 24.3 Å². The van der Waals surface area contributed by atoms with Crippen LogP contribution >= 0.6 is 0 Å². The Morgan fingerprint density at radius 3 is 2.80 bits per heavy atom. The van der Waals surface area contributed by atoms with Crippen LogP contribution in [0.5, 0.6) is 0 Å². The van der Waals surface area contributed by atoms with Crippen LogP contribution < -0.4 is 10.6 Å². The number of carboxylic acid groups (broad SMARTS) is 1. The molecule has 108 valence electrons. The molecule has 0 saturated heterocycles. The lowest BCUT2D eigenvalue weighted by Gasteiger charge is -2.26. The third-order valence-corrected chi connectivity index (χ3v) is 3.58. The summed E-state index contributed by atoms with van der Waals surface area (Å²) in [7, 11) is 0. The van der Waals surface area contributed by atoms with E-state index in [4.69, 9.17) is 5.11 Å². The lowest BCUT2D eigenvalue weighted by Crippen LogP contribution is -2.49. The molecule has 20 heavy (non-hydrogen) atoms. The minimum Gasteiger partial charge on any atom is -0.481 e. The lowest BCUT2D eigenvalue weighted by molar-refractivity contribution is -0.137. The fourth-order valence-electron chi connectivity index (χ4n) is 2.40. The van der Waals surface area contributed by atoms with Gasteiger partial charge < -0.3 is 15.7 Å². The van der Waals surface area contributed by atoms with Crippen LogP contribution in [-0.4, -0.2) is 29.1 Å². The molecule has 1 aliphatic heterocycles. The van der Waals surface area contributed by atoms with Gasteiger partial charge in [-0.25, -0.2) is 0 Å². The largest absolute Gasteiger partial charge is 0.481 e. The molecule has 0 aromatic heterocycles. The van der Waals surface area contributed by atoms with E-state index < -0.39 is 5.97 Å². The summed E-state index contributed by atoms with van der Waals surface area (Å²) < 4.78 is 0. The summed E-state index contributed by atoms with van der Waals surface area (Å²) in [6.07, 6.45) is 1.19. The smallest absolute Gasteiger partial charge is 0.303 e. The van der Waals surface area contributed by atoms with Crippen molar-refractivity contribution in [2.75, 3.05) is 0 Å². The number of fused-ring (bicyclic) bond motifs is 1. The molecule has 0 radical (unpaired) electrons. The van der Waals surface area contributed by atoms with Crippen molar-refractivity contribution in [3.63, 3.8) is 0 Å². The number of rotatable bonds is 5. The quantitative estimate of drug-likeness (QED) is 0.751. The molecule has 2 rings (SSSR count). The van der Waals surface area contributed by atoms with Gasteiger partial charge in [-0.3, -0.25) is 9.59 Å². The number of benzene rings is 1. The van der Waals surface area contributed by atoms with Crippen molar-refractivity contribution >= 4 is 11.9 Å². The Bertz CT molecular complexity index is 502. The van der Waals surface area contributed by atoms with Crippen LogP contribution in [0.4, 0.5) is 0 Å². The summed E-state index contributed by atoms with van der Waals surface area (Å²) in [4.78, 5) is 22.6. The van der Waals surface area contributed by atoms with Gasteiger partial charge in [0.2, 0.25) is 5.91 Å². The summed E-state index contributed by atoms with van der Waals surface area (Å²) in [6, 6.07) is 7.72. The average Bonchev–Trinajstić information content (AvgIpc) is 2.44. The van der Waals surface area contributed by atoms with Crippen LogP contribution in [0.1, 0.15) is 30.9 Å². The van der Waals surface area contributed by atoms with Crippen LogP contribution in [-0.2, 0) is 22.6 Å². The highest BCUT2D eigenvalue weighted by molar-refractivity contribution is 5.82. The molecule has 1 aromatic carbocycles. The van der Waals surface area contributed by atoms with E-state index in [1.807, 2.05) is 25.1 Å². The Hall–Kier alpha value is -1.88. The third-order valence-electron chi connectivity index (χ3n) is 3.58.